The summed E-state index contributed by atoms with van der Waals surface area (Å²) in [6.07, 6.45) is 2.42. The van der Waals surface area contributed by atoms with Crippen LogP contribution in [0.3, 0.4) is 0 Å². The quantitative estimate of drug-likeness (QED) is 0.786. The Labute approximate surface area is 149 Å². The van der Waals surface area contributed by atoms with Gasteiger partial charge in [-0.1, -0.05) is 38.1 Å². The highest BCUT2D eigenvalue weighted by molar-refractivity contribution is 5.42. The standard InChI is InChI=1S/C19H20FNO2.C2H6/c20-16-7-8-17-18(11-16)23-19(13-22-17)15-5-3-14(4-6-15)12-21-9-1-2-10-21;1-2/h3-8,11,19H,1-2,9-10,12-13H2;1-2H3. The van der Waals surface area contributed by atoms with Crippen LogP contribution in [0.4, 0.5) is 4.39 Å². The van der Waals surface area contributed by atoms with Crippen molar-refractivity contribution < 1.29 is 13.9 Å². The Morgan fingerprint density at radius 1 is 1.00 bits per heavy atom. The molecule has 0 aromatic heterocycles. The lowest BCUT2D eigenvalue weighted by Crippen LogP contribution is -2.22. The van der Waals surface area contributed by atoms with Gasteiger partial charge in [0.2, 0.25) is 0 Å². The van der Waals surface area contributed by atoms with Crippen molar-refractivity contribution in [3.8, 4) is 11.5 Å². The predicted molar refractivity (Wildman–Crippen MR) is 97.6 cm³/mol. The monoisotopic (exact) mass is 343 g/mol. The minimum Gasteiger partial charge on any atom is -0.485 e. The van der Waals surface area contributed by atoms with Crippen molar-refractivity contribution in [1.29, 1.82) is 0 Å². The third-order valence-corrected chi connectivity index (χ3v) is 4.52. The molecule has 0 spiro atoms. The largest absolute Gasteiger partial charge is 0.485 e. The molecule has 1 fully saturated rings. The summed E-state index contributed by atoms with van der Waals surface area (Å²) >= 11 is 0. The zero-order valence-electron chi connectivity index (χ0n) is 15.0. The van der Waals surface area contributed by atoms with Gasteiger partial charge < -0.3 is 9.47 Å². The van der Waals surface area contributed by atoms with E-state index in [0.717, 1.165) is 12.1 Å². The highest BCUT2D eigenvalue weighted by Gasteiger charge is 2.23. The molecular weight excluding hydrogens is 317 g/mol. The van der Waals surface area contributed by atoms with Gasteiger partial charge in [-0.25, -0.2) is 4.39 Å². The van der Waals surface area contributed by atoms with E-state index in [1.165, 1.54) is 43.6 Å². The fourth-order valence-electron chi connectivity index (χ4n) is 3.25. The molecule has 2 aliphatic heterocycles. The Morgan fingerprint density at radius 2 is 1.72 bits per heavy atom. The molecule has 0 radical (unpaired) electrons. The lowest BCUT2D eigenvalue weighted by molar-refractivity contribution is 0.0907. The van der Waals surface area contributed by atoms with Gasteiger partial charge >= 0.3 is 0 Å². The number of hydrogen-bond acceptors (Lipinski definition) is 3. The van der Waals surface area contributed by atoms with E-state index in [2.05, 4.69) is 29.2 Å². The third-order valence-electron chi connectivity index (χ3n) is 4.52. The van der Waals surface area contributed by atoms with Crippen LogP contribution in [-0.2, 0) is 6.54 Å². The minimum absolute atomic E-state index is 0.190. The maximum Gasteiger partial charge on any atom is 0.165 e. The van der Waals surface area contributed by atoms with Crippen LogP contribution in [0.5, 0.6) is 11.5 Å². The molecule has 1 saturated heterocycles. The van der Waals surface area contributed by atoms with E-state index in [1.807, 2.05) is 13.8 Å². The highest BCUT2D eigenvalue weighted by atomic mass is 19.1. The van der Waals surface area contributed by atoms with Gasteiger partial charge in [0, 0.05) is 12.6 Å². The second-order valence-electron chi connectivity index (χ2n) is 6.23. The molecule has 25 heavy (non-hydrogen) atoms. The van der Waals surface area contributed by atoms with Crippen LogP contribution in [0.2, 0.25) is 0 Å². The molecule has 0 N–H and O–H groups in total. The topological polar surface area (TPSA) is 21.7 Å². The number of benzene rings is 2. The molecule has 2 aliphatic rings. The summed E-state index contributed by atoms with van der Waals surface area (Å²) < 4.78 is 24.9. The van der Waals surface area contributed by atoms with Crippen LogP contribution in [0.1, 0.15) is 43.9 Å². The summed E-state index contributed by atoms with van der Waals surface area (Å²) in [5.74, 6) is 0.768. The Bertz CT molecular complexity index is 681. The third kappa shape index (κ3) is 4.31. The number of rotatable bonds is 3. The van der Waals surface area contributed by atoms with Crippen LogP contribution in [-0.4, -0.2) is 24.6 Å². The Hall–Kier alpha value is -2.07. The van der Waals surface area contributed by atoms with E-state index >= 15 is 0 Å². The maximum absolute atomic E-state index is 13.3. The number of nitrogens with zero attached hydrogens (tertiary/aromatic N) is 1. The van der Waals surface area contributed by atoms with Gasteiger partial charge in [0.25, 0.3) is 0 Å². The van der Waals surface area contributed by atoms with Gasteiger partial charge in [0.05, 0.1) is 0 Å². The summed E-state index contributed by atoms with van der Waals surface area (Å²) in [5, 5.41) is 0. The maximum atomic E-state index is 13.3. The van der Waals surface area contributed by atoms with E-state index < -0.39 is 0 Å². The first-order valence-electron chi connectivity index (χ1n) is 9.18. The lowest BCUT2D eigenvalue weighted by atomic mass is 10.1. The Kier molecular flexibility index (Phi) is 5.92. The van der Waals surface area contributed by atoms with Gasteiger partial charge in [0.1, 0.15) is 12.4 Å². The van der Waals surface area contributed by atoms with Gasteiger partial charge in [-0.3, -0.25) is 4.90 Å². The molecule has 4 rings (SSSR count). The van der Waals surface area contributed by atoms with Gasteiger partial charge in [-0.2, -0.15) is 0 Å². The molecule has 2 aromatic rings. The van der Waals surface area contributed by atoms with Gasteiger partial charge in [0.15, 0.2) is 17.6 Å². The van der Waals surface area contributed by atoms with Crippen LogP contribution in [0.15, 0.2) is 42.5 Å². The predicted octanol–water partition coefficient (Wildman–Crippen LogP) is 4.96. The molecule has 0 aliphatic carbocycles. The van der Waals surface area contributed by atoms with Crippen molar-refractivity contribution in [2.45, 2.75) is 39.3 Å². The molecule has 1 unspecified atom stereocenters. The second kappa shape index (κ2) is 8.34. The first kappa shape index (κ1) is 17.7. The van der Waals surface area contributed by atoms with Gasteiger partial charge in [-0.15, -0.1) is 0 Å². The van der Waals surface area contributed by atoms with E-state index in [1.54, 1.807) is 6.07 Å². The second-order valence-corrected chi connectivity index (χ2v) is 6.23. The van der Waals surface area contributed by atoms with Crippen molar-refractivity contribution in [2.75, 3.05) is 19.7 Å². The fraction of sp³-hybridized carbons (Fsp3) is 0.429. The van der Waals surface area contributed by atoms with Crippen LogP contribution >= 0.6 is 0 Å². The molecule has 3 nitrogen and oxygen atoms in total. The zero-order valence-corrected chi connectivity index (χ0v) is 15.0. The zero-order chi connectivity index (χ0) is 17.6. The summed E-state index contributed by atoms with van der Waals surface area (Å²) in [7, 11) is 0. The highest BCUT2D eigenvalue weighted by Crippen LogP contribution is 2.36. The van der Waals surface area contributed by atoms with E-state index in [9.17, 15) is 4.39 Å². The summed E-state index contributed by atoms with van der Waals surface area (Å²) in [5.41, 5.74) is 2.38. The molecule has 0 amide bonds. The smallest absolute Gasteiger partial charge is 0.165 e. The number of fused-ring (bicyclic) bond motifs is 1. The first-order chi connectivity index (χ1) is 12.3. The molecule has 0 bridgehead atoms. The molecule has 134 valence electrons. The molecule has 2 heterocycles. The van der Waals surface area contributed by atoms with Crippen molar-refractivity contribution in [2.24, 2.45) is 0 Å². The Morgan fingerprint density at radius 3 is 2.44 bits per heavy atom. The van der Waals surface area contributed by atoms with Gasteiger partial charge in [-0.05, 0) is 49.2 Å². The number of likely N-dealkylation sites (tertiary alicyclic amines) is 1. The number of halogens is 1. The Balaban J connectivity index is 0.000000880. The first-order valence-corrected chi connectivity index (χ1v) is 9.18. The molecular formula is C21H26FNO2. The minimum atomic E-state index is -0.311. The van der Waals surface area contributed by atoms with E-state index in [4.69, 9.17) is 9.47 Å². The van der Waals surface area contributed by atoms with Crippen molar-refractivity contribution in [3.63, 3.8) is 0 Å². The van der Waals surface area contributed by atoms with E-state index in [-0.39, 0.29) is 11.9 Å². The van der Waals surface area contributed by atoms with Crippen LogP contribution in [0, 0.1) is 5.82 Å². The average Bonchev–Trinajstić information content (AvgIpc) is 3.16. The van der Waals surface area contributed by atoms with E-state index in [0.29, 0.717) is 18.1 Å². The van der Waals surface area contributed by atoms with Crippen LogP contribution < -0.4 is 9.47 Å². The van der Waals surface area contributed by atoms with Crippen molar-refractivity contribution >= 4 is 0 Å². The summed E-state index contributed by atoms with van der Waals surface area (Å²) in [4.78, 5) is 2.48. The molecule has 1 atom stereocenters. The van der Waals surface area contributed by atoms with Crippen molar-refractivity contribution in [3.05, 3.63) is 59.4 Å². The van der Waals surface area contributed by atoms with Crippen LogP contribution in [0.25, 0.3) is 0 Å². The summed E-state index contributed by atoms with van der Waals surface area (Å²) in [6.45, 7) is 7.85. The normalized spacial score (nSPS) is 19.2. The average molecular weight is 343 g/mol. The summed E-state index contributed by atoms with van der Waals surface area (Å²) in [6, 6.07) is 12.8. The SMILES string of the molecule is CC.Fc1ccc2c(c1)OC(c1ccc(CN3CCCC3)cc1)CO2. The lowest BCUT2D eigenvalue weighted by Gasteiger charge is -2.27. The molecule has 2 aromatic carbocycles. The fourth-order valence-corrected chi connectivity index (χ4v) is 3.25. The van der Waals surface area contributed by atoms with Crippen molar-refractivity contribution in [1.82, 2.24) is 4.90 Å². The number of hydrogen-bond donors (Lipinski definition) is 0. The molecule has 4 heteroatoms. The number of ether oxygens (including phenoxy) is 2. The molecule has 0 saturated carbocycles.